The van der Waals surface area contributed by atoms with Crippen LogP contribution < -0.4 is 5.32 Å². The van der Waals surface area contributed by atoms with E-state index in [1.54, 1.807) is 0 Å². The lowest BCUT2D eigenvalue weighted by atomic mass is 9.40. The van der Waals surface area contributed by atoms with Crippen LogP contribution in [0.25, 0.3) is 0 Å². The van der Waals surface area contributed by atoms with Gasteiger partial charge in [0.2, 0.25) is 5.91 Å². The molecule has 4 fully saturated rings. The predicted molar refractivity (Wildman–Crippen MR) is 79.7 cm³/mol. The van der Waals surface area contributed by atoms with Gasteiger partial charge in [0, 0.05) is 13.0 Å². The molecular formula is C17H27NO3. The van der Waals surface area contributed by atoms with Crippen molar-refractivity contribution < 1.29 is 14.7 Å². The van der Waals surface area contributed by atoms with E-state index in [9.17, 15) is 9.59 Å². The molecule has 2 N–H and O–H groups in total. The van der Waals surface area contributed by atoms with Gasteiger partial charge >= 0.3 is 5.97 Å². The summed E-state index contributed by atoms with van der Waals surface area (Å²) in [6, 6.07) is 0. The molecule has 4 bridgehead atoms. The minimum Gasteiger partial charge on any atom is -0.481 e. The summed E-state index contributed by atoms with van der Waals surface area (Å²) in [4.78, 5) is 22.7. The summed E-state index contributed by atoms with van der Waals surface area (Å²) in [5.41, 5.74) is 1.03. The summed E-state index contributed by atoms with van der Waals surface area (Å²) < 4.78 is 0. The van der Waals surface area contributed by atoms with Crippen molar-refractivity contribution in [3.8, 4) is 0 Å². The fraction of sp³-hybridized carbons (Fsp3) is 0.882. The molecule has 4 aliphatic rings. The number of carboxylic acid groups (broad SMARTS) is 1. The minimum atomic E-state index is -0.856. The topological polar surface area (TPSA) is 66.4 Å². The van der Waals surface area contributed by atoms with E-state index in [-0.39, 0.29) is 24.3 Å². The SMILES string of the molecule is CC12CC3CC(C)(C1)CC(CC(=O)NCCC(=O)O)(C3)C2. The Morgan fingerprint density at radius 3 is 2.24 bits per heavy atom. The highest BCUT2D eigenvalue weighted by molar-refractivity contribution is 5.77. The van der Waals surface area contributed by atoms with Gasteiger partial charge < -0.3 is 10.4 Å². The fourth-order valence-electron chi connectivity index (χ4n) is 6.59. The highest BCUT2D eigenvalue weighted by Crippen LogP contribution is 2.70. The van der Waals surface area contributed by atoms with Gasteiger partial charge in [0.05, 0.1) is 6.42 Å². The average Bonchev–Trinajstić information content (AvgIpc) is 2.21. The van der Waals surface area contributed by atoms with Crippen molar-refractivity contribution in [1.29, 1.82) is 0 Å². The van der Waals surface area contributed by atoms with Crippen molar-refractivity contribution >= 4 is 11.9 Å². The molecular weight excluding hydrogens is 266 g/mol. The van der Waals surface area contributed by atoms with E-state index in [1.165, 1.54) is 38.5 Å². The first-order valence-corrected chi connectivity index (χ1v) is 8.20. The molecule has 4 rings (SSSR count). The molecule has 2 unspecified atom stereocenters. The Bertz CT molecular complexity index is 455. The van der Waals surface area contributed by atoms with Gasteiger partial charge in [-0.1, -0.05) is 13.8 Å². The average molecular weight is 293 g/mol. The van der Waals surface area contributed by atoms with Crippen LogP contribution in [0.3, 0.4) is 0 Å². The molecule has 4 nitrogen and oxygen atoms in total. The van der Waals surface area contributed by atoms with Crippen molar-refractivity contribution in [2.24, 2.45) is 22.2 Å². The molecule has 4 heteroatoms. The Morgan fingerprint density at radius 2 is 1.71 bits per heavy atom. The summed E-state index contributed by atoms with van der Waals surface area (Å²) >= 11 is 0. The second-order valence-corrected chi connectivity index (χ2v) is 8.80. The summed E-state index contributed by atoms with van der Waals surface area (Å²) in [6.45, 7) is 5.07. The maximum Gasteiger partial charge on any atom is 0.305 e. The summed E-state index contributed by atoms with van der Waals surface area (Å²) in [6.07, 6.45) is 8.15. The second-order valence-electron chi connectivity index (χ2n) is 8.80. The molecule has 1 amide bonds. The maximum absolute atomic E-state index is 12.2. The van der Waals surface area contributed by atoms with Crippen LogP contribution in [0.15, 0.2) is 0 Å². The highest BCUT2D eigenvalue weighted by Gasteiger charge is 2.60. The molecule has 0 aliphatic heterocycles. The first-order chi connectivity index (χ1) is 9.72. The molecule has 4 aliphatic carbocycles. The lowest BCUT2D eigenvalue weighted by molar-refractivity contribution is -0.156. The zero-order chi connectivity index (χ0) is 15.3. The fourth-order valence-corrected chi connectivity index (χ4v) is 6.59. The van der Waals surface area contributed by atoms with Crippen molar-refractivity contribution in [1.82, 2.24) is 5.32 Å². The molecule has 0 aromatic heterocycles. The summed E-state index contributed by atoms with van der Waals surface area (Å²) in [7, 11) is 0. The molecule has 0 aromatic rings. The van der Waals surface area contributed by atoms with Crippen molar-refractivity contribution in [3.05, 3.63) is 0 Å². The normalized spacial score (nSPS) is 43.8. The standard InChI is InChI=1S/C17H27NO3/c1-15-5-12-6-16(2,9-15)11-17(7-12,10-15)8-13(19)18-4-3-14(20)21/h12H,3-11H2,1-2H3,(H,18,19)(H,20,21). The Morgan fingerprint density at radius 1 is 1.10 bits per heavy atom. The van der Waals surface area contributed by atoms with Crippen LogP contribution in [0.2, 0.25) is 0 Å². The molecule has 2 atom stereocenters. The van der Waals surface area contributed by atoms with Gasteiger partial charge in [-0.2, -0.15) is 0 Å². The van der Waals surface area contributed by atoms with Gasteiger partial charge in [-0.05, 0) is 60.7 Å². The zero-order valence-corrected chi connectivity index (χ0v) is 13.2. The first kappa shape index (κ1) is 14.9. The maximum atomic E-state index is 12.2. The van der Waals surface area contributed by atoms with Gasteiger partial charge in [-0.25, -0.2) is 0 Å². The summed E-state index contributed by atoms with van der Waals surface area (Å²) in [5, 5.41) is 11.4. The molecule has 0 heterocycles. The van der Waals surface area contributed by atoms with E-state index >= 15 is 0 Å². The predicted octanol–water partition coefficient (Wildman–Crippen LogP) is 2.96. The molecule has 0 aromatic carbocycles. The van der Waals surface area contributed by atoms with Crippen molar-refractivity contribution in [3.63, 3.8) is 0 Å². The van der Waals surface area contributed by atoms with Gasteiger partial charge in [0.15, 0.2) is 0 Å². The monoisotopic (exact) mass is 293 g/mol. The van der Waals surface area contributed by atoms with E-state index < -0.39 is 5.97 Å². The third kappa shape index (κ3) is 2.95. The van der Waals surface area contributed by atoms with Crippen molar-refractivity contribution in [2.75, 3.05) is 6.54 Å². The molecule has 118 valence electrons. The number of amides is 1. The molecule has 4 saturated carbocycles. The van der Waals surface area contributed by atoms with Crippen LogP contribution in [0.5, 0.6) is 0 Å². The van der Waals surface area contributed by atoms with Crippen LogP contribution in [0.1, 0.15) is 65.2 Å². The lowest BCUT2D eigenvalue weighted by Gasteiger charge is -2.65. The Kier molecular flexibility index (Phi) is 3.34. The molecule has 0 radical (unpaired) electrons. The van der Waals surface area contributed by atoms with Gasteiger partial charge in [0.25, 0.3) is 0 Å². The number of carbonyl (C=O) groups excluding carboxylic acids is 1. The Labute approximate surface area is 126 Å². The number of carbonyl (C=O) groups is 2. The van der Waals surface area contributed by atoms with Crippen LogP contribution >= 0.6 is 0 Å². The number of nitrogens with one attached hydrogen (secondary N) is 1. The van der Waals surface area contributed by atoms with Crippen LogP contribution in [-0.4, -0.2) is 23.5 Å². The van der Waals surface area contributed by atoms with Crippen LogP contribution in [0, 0.1) is 22.2 Å². The Balaban J connectivity index is 1.65. The minimum absolute atomic E-state index is 0.0107. The largest absolute Gasteiger partial charge is 0.481 e. The van der Waals surface area contributed by atoms with Gasteiger partial charge in [0.1, 0.15) is 0 Å². The van der Waals surface area contributed by atoms with E-state index in [0.717, 1.165) is 5.92 Å². The van der Waals surface area contributed by atoms with Crippen LogP contribution in [0.4, 0.5) is 0 Å². The van der Waals surface area contributed by atoms with E-state index in [4.69, 9.17) is 5.11 Å². The van der Waals surface area contributed by atoms with E-state index in [2.05, 4.69) is 19.2 Å². The molecule has 0 saturated heterocycles. The number of rotatable bonds is 5. The van der Waals surface area contributed by atoms with Crippen LogP contribution in [-0.2, 0) is 9.59 Å². The van der Waals surface area contributed by atoms with Crippen molar-refractivity contribution in [2.45, 2.75) is 65.2 Å². The highest BCUT2D eigenvalue weighted by atomic mass is 16.4. The second kappa shape index (κ2) is 4.72. The number of hydrogen-bond acceptors (Lipinski definition) is 2. The number of carboxylic acids is 1. The lowest BCUT2D eigenvalue weighted by Crippen LogP contribution is -2.56. The quantitative estimate of drug-likeness (QED) is 0.819. The zero-order valence-electron chi connectivity index (χ0n) is 13.2. The number of aliphatic carboxylic acids is 1. The van der Waals surface area contributed by atoms with E-state index in [0.29, 0.717) is 17.3 Å². The number of hydrogen-bond donors (Lipinski definition) is 2. The van der Waals surface area contributed by atoms with Gasteiger partial charge in [-0.15, -0.1) is 0 Å². The molecule has 0 spiro atoms. The molecule has 21 heavy (non-hydrogen) atoms. The Hall–Kier alpha value is -1.06. The third-order valence-electron chi connectivity index (χ3n) is 5.94. The first-order valence-electron chi connectivity index (χ1n) is 8.20. The third-order valence-corrected chi connectivity index (χ3v) is 5.94. The smallest absolute Gasteiger partial charge is 0.305 e. The summed E-state index contributed by atoms with van der Waals surface area (Å²) in [5.74, 6) is -0.0152. The van der Waals surface area contributed by atoms with E-state index in [1.807, 2.05) is 0 Å². The van der Waals surface area contributed by atoms with Gasteiger partial charge in [-0.3, -0.25) is 9.59 Å².